The van der Waals surface area contributed by atoms with Crippen LogP contribution in [0.4, 0.5) is 13.2 Å². The molecule has 0 aliphatic heterocycles. The number of halogens is 3. The number of carbonyl (C=O) groups is 1. The Balaban J connectivity index is 2.69. The number of carboxylic acid groups (broad SMARTS) is 1. The number of hydrogen-bond acceptors (Lipinski definition) is 2. The number of benzene rings is 1. The second kappa shape index (κ2) is 4.43. The number of alkyl halides is 3. The number of rotatable bonds is 3. The predicted octanol–water partition coefficient (Wildman–Crippen LogP) is 3.22. The van der Waals surface area contributed by atoms with Gasteiger partial charge in [-0.05, 0) is 25.0 Å². The zero-order chi connectivity index (χ0) is 14.3. The molecule has 0 bridgehead atoms. The van der Waals surface area contributed by atoms with Gasteiger partial charge < -0.3 is 9.84 Å². The molecule has 1 aromatic rings. The minimum atomic E-state index is -4.60. The van der Waals surface area contributed by atoms with Gasteiger partial charge in [0, 0.05) is 5.56 Å². The molecule has 1 saturated carbocycles. The third-order valence-corrected chi connectivity index (χ3v) is 3.65. The Morgan fingerprint density at radius 1 is 1.37 bits per heavy atom. The zero-order valence-electron chi connectivity index (χ0n) is 10.3. The van der Waals surface area contributed by atoms with Crippen molar-refractivity contribution in [1.82, 2.24) is 0 Å². The molecule has 0 unspecified atom stereocenters. The Labute approximate surface area is 108 Å². The molecule has 1 aliphatic rings. The second-order valence-corrected chi connectivity index (χ2v) is 4.62. The molecule has 1 aliphatic carbocycles. The van der Waals surface area contributed by atoms with E-state index in [1.807, 2.05) is 0 Å². The average Bonchev–Trinajstić information content (AvgIpc) is 2.25. The number of ether oxygens (including phenoxy) is 1. The summed E-state index contributed by atoms with van der Waals surface area (Å²) >= 11 is 0. The van der Waals surface area contributed by atoms with Crippen LogP contribution < -0.4 is 4.74 Å². The van der Waals surface area contributed by atoms with Crippen LogP contribution in [0.15, 0.2) is 18.2 Å². The molecule has 0 heterocycles. The van der Waals surface area contributed by atoms with E-state index in [2.05, 4.69) is 0 Å². The average molecular weight is 274 g/mol. The van der Waals surface area contributed by atoms with Gasteiger partial charge in [-0.1, -0.05) is 12.5 Å². The maximum absolute atomic E-state index is 13.1. The van der Waals surface area contributed by atoms with Crippen molar-refractivity contribution in [3.8, 4) is 5.75 Å². The molecular weight excluding hydrogens is 261 g/mol. The van der Waals surface area contributed by atoms with E-state index in [1.165, 1.54) is 19.2 Å². The first-order valence-corrected chi connectivity index (χ1v) is 5.81. The number of methoxy groups -OCH3 is 1. The molecule has 0 amide bonds. The van der Waals surface area contributed by atoms with Crippen LogP contribution in [0.1, 0.15) is 30.4 Å². The topological polar surface area (TPSA) is 46.5 Å². The quantitative estimate of drug-likeness (QED) is 0.920. The van der Waals surface area contributed by atoms with Gasteiger partial charge in [-0.3, -0.25) is 4.79 Å². The fraction of sp³-hybridized carbons (Fsp3) is 0.462. The molecule has 1 N–H and O–H groups in total. The molecule has 1 fully saturated rings. The van der Waals surface area contributed by atoms with E-state index in [4.69, 9.17) is 4.74 Å². The molecule has 0 aromatic heterocycles. The van der Waals surface area contributed by atoms with Crippen molar-refractivity contribution in [2.45, 2.75) is 30.9 Å². The van der Waals surface area contributed by atoms with E-state index in [0.717, 1.165) is 6.07 Å². The lowest BCUT2D eigenvalue weighted by molar-refractivity contribution is -0.149. The van der Waals surface area contributed by atoms with Crippen LogP contribution in [0.3, 0.4) is 0 Å². The Bertz CT molecular complexity index is 504. The minimum absolute atomic E-state index is 0.0167. The molecule has 2 rings (SSSR count). The van der Waals surface area contributed by atoms with E-state index >= 15 is 0 Å². The molecular formula is C13H13F3O3. The van der Waals surface area contributed by atoms with E-state index in [-0.39, 0.29) is 24.2 Å². The predicted molar refractivity (Wildman–Crippen MR) is 61.2 cm³/mol. The highest BCUT2D eigenvalue weighted by Crippen LogP contribution is 2.51. The molecule has 3 nitrogen and oxygen atoms in total. The summed E-state index contributed by atoms with van der Waals surface area (Å²) in [5, 5.41) is 9.32. The molecule has 0 atom stereocenters. The first-order valence-electron chi connectivity index (χ1n) is 5.81. The number of aliphatic carboxylic acids is 1. The van der Waals surface area contributed by atoms with Gasteiger partial charge in [0.1, 0.15) is 5.75 Å². The summed E-state index contributed by atoms with van der Waals surface area (Å²) in [5.41, 5.74) is -2.64. The van der Waals surface area contributed by atoms with Crippen molar-refractivity contribution in [3.63, 3.8) is 0 Å². The molecule has 0 spiro atoms. The Hall–Kier alpha value is -1.72. The second-order valence-electron chi connectivity index (χ2n) is 4.62. The monoisotopic (exact) mass is 274 g/mol. The number of carboxylic acids is 1. The Kier molecular flexibility index (Phi) is 3.20. The van der Waals surface area contributed by atoms with E-state index < -0.39 is 23.1 Å². The zero-order valence-corrected chi connectivity index (χ0v) is 10.3. The van der Waals surface area contributed by atoms with Gasteiger partial charge in [0.2, 0.25) is 0 Å². The largest absolute Gasteiger partial charge is 0.496 e. The van der Waals surface area contributed by atoms with Crippen molar-refractivity contribution in [2.24, 2.45) is 0 Å². The van der Waals surface area contributed by atoms with Gasteiger partial charge in [0.15, 0.2) is 0 Å². The van der Waals surface area contributed by atoms with Gasteiger partial charge in [-0.15, -0.1) is 0 Å². The third kappa shape index (κ3) is 2.05. The molecule has 0 saturated heterocycles. The summed E-state index contributed by atoms with van der Waals surface area (Å²) in [5.74, 6) is -1.24. The standard InChI is InChI=1S/C13H13F3O3/c1-19-9-5-2-4-8(13(14,15)16)10(9)12(11(17)18)6-3-7-12/h2,4-5H,3,6-7H2,1H3,(H,17,18). The van der Waals surface area contributed by atoms with Gasteiger partial charge in [-0.25, -0.2) is 0 Å². The maximum Gasteiger partial charge on any atom is 0.416 e. The smallest absolute Gasteiger partial charge is 0.416 e. The van der Waals surface area contributed by atoms with Crippen LogP contribution in [0.5, 0.6) is 5.75 Å². The number of hydrogen-bond donors (Lipinski definition) is 1. The van der Waals surface area contributed by atoms with E-state index in [9.17, 15) is 23.1 Å². The van der Waals surface area contributed by atoms with E-state index in [1.54, 1.807) is 0 Å². The first-order chi connectivity index (χ1) is 8.83. The first kappa shape index (κ1) is 13.7. The van der Waals surface area contributed by atoms with Gasteiger partial charge in [-0.2, -0.15) is 13.2 Å². The highest BCUT2D eigenvalue weighted by atomic mass is 19.4. The summed E-state index contributed by atoms with van der Waals surface area (Å²) < 4.78 is 44.2. The molecule has 1 aromatic carbocycles. The van der Waals surface area contributed by atoms with Crippen LogP contribution in [-0.4, -0.2) is 18.2 Å². The fourth-order valence-corrected chi connectivity index (χ4v) is 2.53. The summed E-state index contributed by atoms with van der Waals surface area (Å²) in [4.78, 5) is 11.4. The SMILES string of the molecule is COc1cccc(C(F)(F)F)c1C1(C(=O)O)CCC1. The Morgan fingerprint density at radius 3 is 2.37 bits per heavy atom. The highest BCUT2D eigenvalue weighted by molar-refractivity contribution is 5.84. The lowest BCUT2D eigenvalue weighted by Crippen LogP contribution is -2.44. The molecule has 104 valence electrons. The van der Waals surface area contributed by atoms with Crippen LogP contribution >= 0.6 is 0 Å². The van der Waals surface area contributed by atoms with Crippen LogP contribution in [0, 0.1) is 0 Å². The highest BCUT2D eigenvalue weighted by Gasteiger charge is 2.52. The van der Waals surface area contributed by atoms with E-state index in [0.29, 0.717) is 6.42 Å². The summed E-state index contributed by atoms with van der Waals surface area (Å²) in [6, 6.07) is 3.49. The Morgan fingerprint density at radius 2 is 2.00 bits per heavy atom. The summed E-state index contributed by atoms with van der Waals surface area (Å²) in [6.45, 7) is 0. The lowest BCUT2D eigenvalue weighted by atomic mass is 9.63. The van der Waals surface area contributed by atoms with Gasteiger partial charge in [0.05, 0.1) is 18.1 Å². The third-order valence-electron chi connectivity index (χ3n) is 3.65. The summed E-state index contributed by atoms with van der Waals surface area (Å²) in [6.07, 6.45) is -3.60. The maximum atomic E-state index is 13.1. The fourth-order valence-electron chi connectivity index (χ4n) is 2.53. The van der Waals surface area contributed by atoms with Crippen molar-refractivity contribution >= 4 is 5.97 Å². The van der Waals surface area contributed by atoms with Crippen LogP contribution in [-0.2, 0) is 16.4 Å². The molecule has 19 heavy (non-hydrogen) atoms. The van der Waals surface area contributed by atoms with Crippen LogP contribution in [0.2, 0.25) is 0 Å². The van der Waals surface area contributed by atoms with Crippen molar-refractivity contribution < 1.29 is 27.8 Å². The summed E-state index contributed by atoms with van der Waals surface area (Å²) in [7, 11) is 1.24. The normalized spacial score (nSPS) is 17.7. The molecule has 6 heteroatoms. The lowest BCUT2D eigenvalue weighted by Gasteiger charge is -2.40. The molecule has 0 radical (unpaired) electrons. The van der Waals surface area contributed by atoms with Gasteiger partial charge in [0.25, 0.3) is 0 Å². The van der Waals surface area contributed by atoms with Crippen molar-refractivity contribution in [1.29, 1.82) is 0 Å². The van der Waals surface area contributed by atoms with Gasteiger partial charge >= 0.3 is 12.1 Å². The van der Waals surface area contributed by atoms with Crippen molar-refractivity contribution in [3.05, 3.63) is 29.3 Å². The van der Waals surface area contributed by atoms with Crippen LogP contribution in [0.25, 0.3) is 0 Å². The minimum Gasteiger partial charge on any atom is -0.496 e. The van der Waals surface area contributed by atoms with Crippen molar-refractivity contribution in [2.75, 3.05) is 7.11 Å².